The Bertz CT molecular complexity index is 855. The van der Waals surface area contributed by atoms with Crippen LogP contribution in [0.3, 0.4) is 0 Å². The molecule has 0 saturated carbocycles. The lowest BCUT2D eigenvalue weighted by Gasteiger charge is -2.22. The zero-order valence-corrected chi connectivity index (χ0v) is 14.7. The van der Waals surface area contributed by atoms with Crippen molar-refractivity contribution in [3.63, 3.8) is 0 Å². The van der Waals surface area contributed by atoms with Gasteiger partial charge < -0.3 is 13.9 Å². The van der Waals surface area contributed by atoms with Gasteiger partial charge in [-0.2, -0.15) is 0 Å². The predicted molar refractivity (Wildman–Crippen MR) is 96.5 cm³/mol. The van der Waals surface area contributed by atoms with Crippen LogP contribution in [0, 0.1) is 0 Å². The molecule has 4 heterocycles. The number of anilines is 1. The molecular formula is C18H17N3O4S. The first-order chi connectivity index (χ1) is 12.8. The molecule has 134 valence electrons. The van der Waals surface area contributed by atoms with Crippen LogP contribution in [-0.4, -0.2) is 35.2 Å². The SMILES string of the molecule is O=C(Nc1nc(-c2ccco2)cs1)c1ccc(OC2CCOCC2)nc1. The van der Waals surface area contributed by atoms with Gasteiger partial charge in [0.1, 0.15) is 11.8 Å². The Kier molecular flexibility index (Phi) is 4.94. The Morgan fingerprint density at radius 3 is 2.88 bits per heavy atom. The van der Waals surface area contributed by atoms with Crippen molar-refractivity contribution in [2.45, 2.75) is 18.9 Å². The highest BCUT2D eigenvalue weighted by Gasteiger charge is 2.16. The highest BCUT2D eigenvalue weighted by atomic mass is 32.1. The van der Waals surface area contributed by atoms with Crippen molar-refractivity contribution in [1.29, 1.82) is 0 Å². The van der Waals surface area contributed by atoms with Gasteiger partial charge in [-0.25, -0.2) is 9.97 Å². The monoisotopic (exact) mass is 371 g/mol. The van der Waals surface area contributed by atoms with E-state index in [2.05, 4.69) is 15.3 Å². The van der Waals surface area contributed by atoms with E-state index in [0.29, 0.717) is 41.2 Å². The van der Waals surface area contributed by atoms with Gasteiger partial charge in [-0.1, -0.05) is 0 Å². The lowest BCUT2D eigenvalue weighted by atomic mass is 10.1. The van der Waals surface area contributed by atoms with Gasteiger partial charge in [0.25, 0.3) is 5.91 Å². The molecule has 1 aliphatic heterocycles. The maximum Gasteiger partial charge on any atom is 0.259 e. The summed E-state index contributed by atoms with van der Waals surface area (Å²) in [5, 5.41) is 5.11. The third kappa shape index (κ3) is 3.92. The van der Waals surface area contributed by atoms with Crippen LogP contribution in [-0.2, 0) is 4.74 Å². The molecule has 1 N–H and O–H groups in total. The van der Waals surface area contributed by atoms with E-state index in [1.54, 1.807) is 24.5 Å². The molecule has 0 aromatic carbocycles. The Labute approximate surface area is 154 Å². The Morgan fingerprint density at radius 1 is 1.27 bits per heavy atom. The minimum atomic E-state index is -0.268. The highest BCUT2D eigenvalue weighted by Crippen LogP contribution is 2.25. The minimum Gasteiger partial charge on any atom is -0.474 e. The van der Waals surface area contributed by atoms with Gasteiger partial charge in [0.05, 0.1) is 25.0 Å². The fourth-order valence-electron chi connectivity index (χ4n) is 2.59. The Balaban J connectivity index is 1.37. The van der Waals surface area contributed by atoms with Crippen LogP contribution < -0.4 is 10.1 Å². The van der Waals surface area contributed by atoms with E-state index in [0.717, 1.165) is 12.8 Å². The smallest absolute Gasteiger partial charge is 0.259 e. The molecule has 7 nitrogen and oxygen atoms in total. The summed E-state index contributed by atoms with van der Waals surface area (Å²) in [7, 11) is 0. The van der Waals surface area contributed by atoms with E-state index < -0.39 is 0 Å². The van der Waals surface area contributed by atoms with E-state index in [9.17, 15) is 4.79 Å². The van der Waals surface area contributed by atoms with Crippen LogP contribution in [0.15, 0.2) is 46.5 Å². The van der Waals surface area contributed by atoms with Crippen molar-refractivity contribution in [3.8, 4) is 17.3 Å². The standard InChI is InChI=1S/C18H17N3O4S/c22-17(21-18-20-14(11-26-18)15-2-1-7-24-15)12-3-4-16(19-10-12)25-13-5-8-23-9-6-13/h1-4,7,10-11,13H,5-6,8-9H2,(H,20,21,22). The van der Waals surface area contributed by atoms with Crippen LogP contribution in [0.2, 0.25) is 0 Å². The summed E-state index contributed by atoms with van der Waals surface area (Å²) in [6.07, 6.45) is 4.91. The summed E-state index contributed by atoms with van der Waals surface area (Å²) in [6.45, 7) is 1.41. The molecule has 1 saturated heterocycles. The maximum absolute atomic E-state index is 12.3. The molecular weight excluding hydrogens is 354 g/mol. The van der Waals surface area contributed by atoms with Crippen molar-refractivity contribution in [3.05, 3.63) is 47.7 Å². The lowest BCUT2D eigenvalue weighted by Crippen LogP contribution is -2.26. The van der Waals surface area contributed by atoms with Crippen molar-refractivity contribution < 1.29 is 18.7 Å². The first-order valence-electron chi connectivity index (χ1n) is 8.29. The molecule has 26 heavy (non-hydrogen) atoms. The van der Waals surface area contributed by atoms with Crippen LogP contribution in [0.4, 0.5) is 5.13 Å². The molecule has 3 aromatic heterocycles. The van der Waals surface area contributed by atoms with E-state index in [-0.39, 0.29) is 12.0 Å². The number of thiazole rings is 1. The van der Waals surface area contributed by atoms with E-state index >= 15 is 0 Å². The van der Waals surface area contributed by atoms with E-state index in [1.165, 1.54) is 17.5 Å². The van der Waals surface area contributed by atoms with Crippen LogP contribution in [0.1, 0.15) is 23.2 Å². The number of nitrogens with zero attached hydrogens (tertiary/aromatic N) is 2. The summed E-state index contributed by atoms with van der Waals surface area (Å²) in [5.74, 6) is 0.913. The van der Waals surface area contributed by atoms with Gasteiger partial charge in [0.15, 0.2) is 10.9 Å². The van der Waals surface area contributed by atoms with Gasteiger partial charge in [-0.3, -0.25) is 10.1 Å². The second-order valence-electron chi connectivity index (χ2n) is 5.78. The number of ether oxygens (including phenoxy) is 2. The number of rotatable bonds is 5. The molecule has 1 aliphatic rings. The molecule has 0 radical (unpaired) electrons. The summed E-state index contributed by atoms with van der Waals surface area (Å²) < 4.78 is 16.4. The van der Waals surface area contributed by atoms with Crippen LogP contribution in [0.25, 0.3) is 11.5 Å². The quantitative estimate of drug-likeness (QED) is 0.737. The summed E-state index contributed by atoms with van der Waals surface area (Å²) >= 11 is 1.34. The number of pyridine rings is 1. The number of nitrogens with one attached hydrogen (secondary N) is 1. The number of hydrogen-bond acceptors (Lipinski definition) is 7. The van der Waals surface area contributed by atoms with Crippen molar-refractivity contribution in [1.82, 2.24) is 9.97 Å². The first-order valence-corrected chi connectivity index (χ1v) is 9.17. The zero-order valence-electron chi connectivity index (χ0n) is 13.9. The van der Waals surface area contributed by atoms with Gasteiger partial charge in [-0.15, -0.1) is 11.3 Å². The molecule has 1 fully saturated rings. The fourth-order valence-corrected chi connectivity index (χ4v) is 3.28. The Morgan fingerprint density at radius 2 is 2.15 bits per heavy atom. The van der Waals surface area contributed by atoms with Gasteiger partial charge in [0.2, 0.25) is 5.88 Å². The molecule has 0 spiro atoms. The van der Waals surface area contributed by atoms with Crippen molar-refractivity contribution in [2.24, 2.45) is 0 Å². The normalized spacial score (nSPS) is 14.9. The second kappa shape index (κ2) is 7.67. The number of furan rings is 1. The van der Waals surface area contributed by atoms with Crippen LogP contribution >= 0.6 is 11.3 Å². The van der Waals surface area contributed by atoms with Gasteiger partial charge in [-0.05, 0) is 18.2 Å². The highest BCUT2D eigenvalue weighted by molar-refractivity contribution is 7.14. The molecule has 3 aromatic rings. The summed E-state index contributed by atoms with van der Waals surface area (Å²) in [5.41, 5.74) is 1.13. The van der Waals surface area contributed by atoms with Crippen molar-refractivity contribution >= 4 is 22.4 Å². The molecule has 8 heteroatoms. The average molecular weight is 371 g/mol. The zero-order chi connectivity index (χ0) is 17.8. The van der Waals surface area contributed by atoms with Gasteiger partial charge >= 0.3 is 0 Å². The molecule has 1 amide bonds. The number of carbonyl (C=O) groups is 1. The molecule has 0 unspecified atom stereocenters. The third-order valence-electron chi connectivity index (χ3n) is 3.95. The Hall–Kier alpha value is -2.71. The van der Waals surface area contributed by atoms with E-state index in [4.69, 9.17) is 13.9 Å². The van der Waals surface area contributed by atoms with Crippen LogP contribution in [0.5, 0.6) is 5.88 Å². The second-order valence-corrected chi connectivity index (χ2v) is 6.64. The lowest BCUT2D eigenvalue weighted by molar-refractivity contribution is 0.0237. The molecule has 0 atom stereocenters. The average Bonchev–Trinajstić information content (AvgIpc) is 3.35. The summed E-state index contributed by atoms with van der Waals surface area (Å²) in [4.78, 5) is 20.9. The maximum atomic E-state index is 12.3. The van der Waals surface area contributed by atoms with E-state index in [1.807, 2.05) is 11.4 Å². The first kappa shape index (κ1) is 16.7. The number of aromatic nitrogens is 2. The fraction of sp³-hybridized carbons (Fsp3) is 0.278. The third-order valence-corrected chi connectivity index (χ3v) is 4.71. The molecule has 0 aliphatic carbocycles. The molecule has 4 rings (SSSR count). The minimum absolute atomic E-state index is 0.117. The summed E-state index contributed by atoms with van der Waals surface area (Å²) in [6, 6.07) is 7.02. The molecule has 0 bridgehead atoms. The number of amides is 1. The van der Waals surface area contributed by atoms with Gasteiger partial charge in [0, 0.05) is 30.5 Å². The number of hydrogen-bond donors (Lipinski definition) is 1. The van der Waals surface area contributed by atoms with Crippen molar-refractivity contribution in [2.75, 3.05) is 18.5 Å². The largest absolute Gasteiger partial charge is 0.474 e. The predicted octanol–water partition coefficient (Wildman–Crippen LogP) is 3.61. The number of carbonyl (C=O) groups excluding carboxylic acids is 1. The topological polar surface area (TPSA) is 86.5 Å².